The smallest absolute Gasteiger partial charge is 0.0481 e. The summed E-state index contributed by atoms with van der Waals surface area (Å²) in [6.07, 6.45) is 0. The van der Waals surface area contributed by atoms with Gasteiger partial charge >= 0.3 is 0 Å². The Labute approximate surface area is 65.4 Å². The Morgan fingerprint density at radius 1 is 0.875 bits per heavy atom. The van der Waals surface area contributed by atoms with E-state index in [1.165, 1.54) is 0 Å². The molecule has 0 spiro atoms. The van der Waals surface area contributed by atoms with Gasteiger partial charge in [-0.25, -0.2) is 0 Å². The Hall–Kier alpha value is 0.970. The van der Waals surface area contributed by atoms with Crippen molar-refractivity contribution in [1.82, 2.24) is 6.15 Å². The lowest BCUT2D eigenvalue weighted by Crippen LogP contribution is -3.00. The van der Waals surface area contributed by atoms with Gasteiger partial charge in [0.1, 0.15) is 0 Å². The van der Waals surface area contributed by atoms with Crippen molar-refractivity contribution in [2.45, 2.75) is 0 Å². The quantitative estimate of drug-likeness (QED) is 0.482. The molecule has 1 nitrogen and oxygen atoms in total. The molecule has 0 aromatic rings. The predicted molar refractivity (Wildman–Crippen MR) is 42.9 cm³/mol. The topological polar surface area (TPSA) is 35.0 Å². The highest BCUT2D eigenvalue weighted by molar-refractivity contribution is 7.72. The van der Waals surface area contributed by atoms with Crippen molar-refractivity contribution >= 4 is 19.7 Å². The van der Waals surface area contributed by atoms with E-state index in [0.29, 0.717) is 0 Å². The molecule has 0 rings (SSSR count). The Morgan fingerprint density at radius 3 is 0.875 bits per heavy atom. The molecule has 0 unspecified atom stereocenters. The standard InChI is InChI=1S/C4H12P.2ClH.H3N/c1-5(2,3)4;;;/h1-4H3;2*1H;1H3/q+1;;;/p-1. The number of rotatable bonds is 0. The minimum absolute atomic E-state index is 0. The molecule has 0 saturated carbocycles. The monoisotopic (exact) mass is 179 g/mol. The van der Waals surface area contributed by atoms with Gasteiger partial charge in [-0.2, -0.15) is 0 Å². The summed E-state index contributed by atoms with van der Waals surface area (Å²) in [7, 11) is -0.389. The largest absolute Gasteiger partial charge is 1.00 e. The van der Waals surface area contributed by atoms with Gasteiger partial charge < -0.3 is 18.6 Å². The van der Waals surface area contributed by atoms with Gasteiger partial charge in [0.2, 0.25) is 0 Å². The second-order valence-corrected chi connectivity index (χ2v) is 8.05. The van der Waals surface area contributed by atoms with Gasteiger partial charge in [0.25, 0.3) is 0 Å². The van der Waals surface area contributed by atoms with Crippen molar-refractivity contribution in [2.24, 2.45) is 0 Å². The second-order valence-electron chi connectivity index (χ2n) is 2.68. The highest BCUT2D eigenvalue weighted by Crippen LogP contribution is 2.40. The molecule has 0 bridgehead atoms. The van der Waals surface area contributed by atoms with E-state index >= 15 is 0 Å². The van der Waals surface area contributed by atoms with Crippen LogP contribution in [0.1, 0.15) is 0 Å². The Kier molecular flexibility index (Phi) is 23.0. The van der Waals surface area contributed by atoms with Crippen LogP contribution in [0.5, 0.6) is 0 Å². The van der Waals surface area contributed by atoms with Crippen LogP contribution in [0, 0.1) is 0 Å². The molecule has 0 aromatic heterocycles. The molecule has 0 fully saturated rings. The fraction of sp³-hybridized carbons (Fsp3) is 1.00. The first-order chi connectivity index (χ1) is 2.00. The molecule has 0 heterocycles. The third-order valence-corrected chi connectivity index (χ3v) is 0. The number of halogens is 2. The summed E-state index contributed by atoms with van der Waals surface area (Å²) in [5.74, 6) is 0. The van der Waals surface area contributed by atoms with E-state index in [1.807, 2.05) is 0 Å². The number of hydrogen-bond donors (Lipinski definition) is 1. The maximum absolute atomic E-state index is 2.30. The molecule has 0 aromatic carbocycles. The number of hydrogen-bond acceptors (Lipinski definition) is 1. The average molecular weight is 180 g/mol. The SMILES string of the molecule is C[P+](C)(C)C.Cl.N.[Cl-]. The fourth-order valence-electron chi connectivity index (χ4n) is 0. The summed E-state index contributed by atoms with van der Waals surface area (Å²) in [5, 5.41) is 0. The van der Waals surface area contributed by atoms with Crippen LogP contribution in [0.3, 0.4) is 0 Å². The third kappa shape index (κ3) is 264. The molecule has 0 radical (unpaired) electrons. The molecular formula is C4H16Cl2NP. The van der Waals surface area contributed by atoms with Crippen molar-refractivity contribution in [2.75, 3.05) is 26.7 Å². The lowest BCUT2D eigenvalue weighted by Gasteiger charge is -1.97. The summed E-state index contributed by atoms with van der Waals surface area (Å²) >= 11 is 0. The fourth-order valence-corrected chi connectivity index (χ4v) is 0. The second kappa shape index (κ2) is 7.97. The van der Waals surface area contributed by atoms with E-state index in [0.717, 1.165) is 0 Å². The van der Waals surface area contributed by atoms with Crippen LogP contribution in [0.15, 0.2) is 0 Å². The molecule has 4 heteroatoms. The van der Waals surface area contributed by atoms with E-state index in [9.17, 15) is 0 Å². The first kappa shape index (κ1) is 23.1. The Balaban J connectivity index is -0.0000000267. The summed E-state index contributed by atoms with van der Waals surface area (Å²) < 4.78 is 0. The molecule has 56 valence electrons. The zero-order chi connectivity index (χ0) is 4.50. The van der Waals surface area contributed by atoms with Crippen LogP contribution in [-0.2, 0) is 0 Å². The van der Waals surface area contributed by atoms with E-state index in [1.54, 1.807) is 0 Å². The zero-order valence-corrected chi connectivity index (χ0v) is 8.41. The Morgan fingerprint density at radius 2 is 0.875 bits per heavy atom. The van der Waals surface area contributed by atoms with Gasteiger partial charge in [-0.05, 0) is 0 Å². The van der Waals surface area contributed by atoms with Crippen LogP contribution in [0.25, 0.3) is 0 Å². The molecule has 0 aliphatic rings. The molecule has 0 aliphatic carbocycles. The lowest BCUT2D eigenvalue weighted by atomic mass is 11.8. The minimum Gasteiger partial charge on any atom is -1.00 e. The van der Waals surface area contributed by atoms with Gasteiger partial charge in [0.05, 0.1) is 0 Å². The summed E-state index contributed by atoms with van der Waals surface area (Å²) in [6.45, 7) is 9.19. The third-order valence-electron chi connectivity index (χ3n) is 0. The molecular weight excluding hydrogens is 164 g/mol. The summed E-state index contributed by atoms with van der Waals surface area (Å²) in [4.78, 5) is 0. The van der Waals surface area contributed by atoms with Crippen LogP contribution in [0.2, 0.25) is 0 Å². The Bertz CT molecular complexity index is 29.5. The average Bonchev–Trinajstić information content (AvgIpc) is 0.722. The highest BCUT2D eigenvalue weighted by Gasteiger charge is 2.03. The van der Waals surface area contributed by atoms with Gasteiger partial charge in [-0.15, -0.1) is 12.4 Å². The van der Waals surface area contributed by atoms with Gasteiger partial charge in [-0.1, -0.05) is 0 Å². The van der Waals surface area contributed by atoms with Gasteiger partial charge in [0, 0.05) is 33.9 Å². The maximum atomic E-state index is 2.30. The first-order valence-electron chi connectivity index (χ1n) is 1.79. The van der Waals surface area contributed by atoms with Crippen LogP contribution in [-0.4, -0.2) is 26.7 Å². The molecule has 0 saturated heterocycles. The summed E-state index contributed by atoms with van der Waals surface area (Å²) in [5.41, 5.74) is 0. The van der Waals surface area contributed by atoms with Crippen molar-refractivity contribution < 1.29 is 12.4 Å². The van der Waals surface area contributed by atoms with Crippen molar-refractivity contribution in [3.05, 3.63) is 0 Å². The van der Waals surface area contributed by atoms with Crippen molar-refractivity contribution in [3.63, 3.8) is 0 Å². The maximum Gasteiger partial charge on any atom is 0.0481 e. The zero-order valence-electron chi connectivity index (χ0n) is 5.94. The minimum atomic E-state index is -0.389. The molecule has 3 N–H and O–H groups in total. The van der Waals surface area contributed by atoms with Crippen LogP contribution >= 0.6 is 19.7 Å². The van der Waals surface area contributed by atoms with Crippen LogP contribution in [0.4, 0.5) is 0 Å². The van der Waals surface area contributed by atoms with E-state index in [-0.39, 0.29) is 38.2 Å². The molecule has 0 atom stereocenters. The molecule has 8 heavy (non-hydrogen) atoms. The van der Waals surface area contributed by atoms with E-state index in [4.69, 9.17) is 0 Å². The summed E-state index contributed by atoms with van der Waals surface area (Å²) in [6, 6.07) is 0. The predicted octanol–water partition coefficient (Wildman–Crippen LogP) is -0.889. The van der Waals surface area contributed by atoms with E-state index < -0.39 is 0 Å². The van der Waals surface area contributed by atoms with Crippen LogP contribution < -0.4 is 18.6 Å². The lowest BCUT2D eigenvalue weighted by molar-refractivity contribution is -0.00000213. The highest BCUT2D eigenvalue weighted by atomic mass is 35.5. The molecule has 0 amide bonds. The van der Waals surface area contributed by atoms with Crippen molar-refractivity contribution in [1.29, 1.82) is 0 Å². The normalized spacial score (nSPS) is 7.50. The molecule has 0 aliphatic heterocycles. The first-order valence-corrected chi connectivity index (χ1v) is 5.37. The van der Waals surface area contributed by atoms with Gasteiger partial charge in [0.15, 0.2) is 0 Å². The van der Waals surface area contributed by atoms with Gasteiger partial charge in [-0.3, -0.25) is 0 Å². The van der Waals surface area contributed by atoms with Crippen molar-refractivity contribution in [3.8, 4) is 0 Å². The van der Waals surface area contributed by atoms with E-state index in [2.05, 4.69) is 26.7 Å².